The molecule has 0 aliphatic carbocycles. The summed E-state index contributed by atoms with van der Waals surface area (Å²) in [5.74, 6) is -0.144. The average molecular weight is 574 g/mol. The fourth-order valence-electron chi connectivity index (χ4n) is 3.52. The van der Waals surface area contributed by atoms with Crippen LogP contribution in [0.25, 0.3) is 22.3 Å². The van der Waals surface area contributed by atoms with Crippen molar-refractivity contribution in [2.45, 2.75) is 20.0 Å². The highest BCUT2D eigenvalue weighted by atomic mass is 79.9. The minimum atomic E-state index is -4.58. The van der Waals surface area contributed by atoms with Gasteiger partial charge in [-0.2, -0.15) is 22.9 Å². The number of benzene rings is 3. The van der Waals surface area contributed by atoms with E-state index in [-0.39, 0.29) is 28.3 Å². The highest BCUT2D eigenvalue weighted by Gasteiger charge is 2.31. The molecule has 0 saturated heterocycles. The first-order valence-corrected chi connectivity index (χ1v) is 11.8. The van der Waals surface area contributed by atoms with Gasteiger partial charge >= 0.3 is 12.1 Å². The number of carbonyl (C=O) groups excluding carboxylic acids is 1. The number of aromatic nitrogens is 2. The monoisotopic (exact) mass is 573 g/mol. The van der Waals surface area contributed by atoms with E-state index >= 15 is 0 Å². The summed E-state index contributed by atoms with van der Waals surface area (Å²) in [6.45, 7) is 3.31. The molecular formula is C26H19BrF3N3O4. The zero-order valence-corrected chi connectivity index (χ0v) is 21.1. The number of ether oxygens (including phenoxy) is 2. The molecule has 190 valence electrons. The minimum Gasteiger partial charge on any atom is -0.490 e. The second-order valence-electron chi connectivity index (χ2n) is 7.74. The number of nitrogens with zero attached hydrogens (tertiary/aromatic N) is 3. The first-order valence-electron chi connectivity index (χ1n) is 11.0. The van der Waals surface area contributed by atoms with Gasteiger partial charge in [0.2, 0.25) is 0 Å². The third kappa shape index (κ3) is 5.72. The molecule has 0 saturated carbocycles. The Hall–Kier alpha value is -3.99. The van der Waals surface area contributed by atoms with Crippen molar-refractivity contribution in [1.29, 1.82) is 0 Å². The molecule has 11 heteroatoms. The van der Waals surface area contributed by atoms with Gasteiger partial charge in [0.1, 0.15) is 0 Å². The average Bonchev–Trinajstić information content (AvgIpc) is 2.85. The lowest BCUT2D eigenvalue weighted by molar-refractivity contribution is -0.137. The number of fused-ring (bicyclic) bond motifs is 1. The van der Waals surface area contributed by atoms with Crippen molar-refractivity contribution in [2.24, 2.45) is 5.10 Å². The number of alkyl halides is 3. The Morgan fingerprint density at radius 1 is 1.11 bits per heavy atom. The highest BCUT2D eigenvalue weighted by Crippen LogP contribution is 2.34. The summed E-state index contributed by atoms with van der Waals surface area (Å²) >= 11 is 3.38. The second kappa shape index (κ2) is 10.6. The van der Waals surface area contributed by atoms with Crippen molar-refractivity contribution in [2.75, 3.05) is 6.61 Å². The van der Waals surface area contributed by atoms with Gasteiger partial charge in [-0.15, -0.1) is 0 Å². The maximum atomic E-state index is 13.4. The molecular weight excluding hydrogens is 555 g/mol. The number of esters is 1. The van der Waals surface area contributed by atoms with Crippen LogP contribution < -0.4 is 15.0 Å². The lowest BCUT2D eigenvalue weighted by atomic mass is 10.1. The Morgan fingerprint density at radius 3 is 2.57 bits per heavy atom. The zero-order chi connectivity index (χ0) is 26.7. The van der Waals surface area contributed by atoms with Crippen LogP contribution in [0.5, 0.6) is 11.5 Å². The Bertz CT molecular complexity index is 1580. The summed E-state index contributed by atoms with van der Waals surface area (Å²) < 4.78 is 52.3. The Labute approximate surface area is 217 Å². The summed E-state index contributed by atoms with van der Waals surface area (Å²) in [6.07, 6.45) is -3.25. The third-order valence-corrected chi connectivity index (χ3v) is 5.82. The predicted octanol–water partition coefficient (Wildman–Crippen LogP) is 6.05. The Balaban J connectivity index is 1.89. The molecule has 7 nitrogen and oxygen atoms in total. The van der Waals surface area contributed by atoms with Crippen LogP contribution in [-0.2, 0) is 11.0 Å². The summed E-state index contributed by atoms with van der Waals surface area (Å²) in [6, 6.07) is 14.1. The molecule has 0 N–H and O–H groups in total. The molecule has 0 radical (unpaired) electrons. The second-order valence-corrected chi connectivity index (χ2v) is 8.59. The molecule has 0 unspecified atom stereocenters. The number of halogens is 4. The molecule has 0 aliphatic heterocycles. The number of hydrogen-bond acceptors (Lipinski definition) is 6. The molecule has 0 aliphatic rings. The van der Waals surface area contributed by atoms with Crippen LogP contribution in [0.1, 0.15) is 25.0 Å². The van der Waals surface area contributed by atoms with E-state index in [9.17, 15) is 22.8 Å². The molecule has 4 rings (SSSR count). The minimum absolute atomic E-state index is 0.0640. The molecule has 3 aromatic carbocycles. The number of para-hydroxylation sites is 1. The normalized spacial score (nSPS) is 11.7. The van der Waals surface area contributed by atoms with E-state index < -0.39 is 23.3 Å². The van der Waals surface area contributed by atoms with E-state index in [1.807, 2.05) is 0 Å². The van der Waals surface area contributed by atoms with Crippen molar-refractivity contribution >= 4 is 39.0 Å². The molecule has 1 heterocycles. The Morgan fingerprint density at radius 2 is 1.86 bits per heavy atom. The standard InChI is InChI=1S/C26H19BrF3N3O4/c1-3-36-22-12-17(20(27)13-23(22)37-15(2)34)14-31-33-24(16-7-6-8-18(11-16)26(28,29)30)32-21-10-5-4-9-19(21)25(33)35/h4-14H,3H2,1-2H3. The van der Waals surface area contributed by atoms with E-state index in [4.69, 9.17) is 9.47 Å². The quantitative estimate of drug-likeness (QED) is 0.159. The maximum Gasteiger partial charge on any atom is 0.416 e. The summed E-state index contributed by atoms with van der Waals surface area (Å²) in [5, 5.41) is 4.53. The molecule has 37 heavy (non-hydrogen) atoms. The molecule has 1 aromatic heterocycles. The van der Waals surface area contributed by atoms with E-state index in [0.29, 0.717) is 22.2 Å². The van der Waals surface area contributed by atoms with E-state index in [2.05, 4.69) is 26.0 Å². The molecule has 0 bridgehead atoms. The van der Waals surface area contributed by atoms with Crippen molar-refractivity contribution in [3.05, 3.63) is 86.6 Å². The zero-order valence-electron chi connectivity index (χ0n) is 19.5. The predicted molar refractivity (Wildman–Crippen MR) is 136 cm³/mol. The van der Waals surface area contributed by atoms with Crippen LogP contribution in [-0.4, -0.2) is 28.5 Å². The largest absolute Gasteiger partial charge is 0.490 e. The topological polar surface area (TPSA) is 82.8 Å². The van der Waals surface area contributed by atoms with Crippen molar-refractivity contribution in [1.82, 2.24) is 9.66 Å². The molecule has 0 spiro atoms. The summed E-state index contributed by atoms with van der Waals surface area (Å²) in [7, 11) is 0. The van der Waals surface area contributed by atoms with Crippen LogP contribution in [0.15, 0.2) is 75.0 Å². The maximum absolute atomic E-state index is 13.4. The van der Waals surface area contributed by atoms with Gasteiger partial charge in [-0.1, -0.05) is 24.3 Å². The van der Waals surface area contributed by atoms with Crippen LogP contribution >= 0.6 is 15.9 Å². The third-order valence-electron chi connectivity index (χ3n) is 5.13. The Kier molecular flexibility index (Phi) is 7.44. The SMILES string of the molecule is CCOc1cc(C=Nn2c(-c3cccc(C(F)(F)F)c3)nc3ccccc3c2=O)c(Br)cc1OC(C)=O. The van der Waals surface area contributed by atoms with Crippen molar-refractivity contribution < 1.29 is 27.4 Å². The molecule has 0 fully saturated rings. The van der Waals surface area contributed by atoms with Crippen molar-refractivity contribution in [3.63, 3.8) is 0 Å². The molecule has 0 atom stereocenters. The van der Waals surface area contributed by atoms with Gasteiger partial charge in [-0.05, 0) is 59.3 Å². The van der Waals surface area contributed by atoms with Gasteiger partial charge in [-0.25, -0.2) is 4.98 Å². The first-order chi connectivity index (χ1) is 17.6. The van der Waals surface area contributed by atoms with Gasteiger partial charge in [-0.3, -0.25) is 9.59 Å². The van der Waals surface area contributed by atoms with Crippen LogP contribution in [0.2, 0.25) is 0 Å². The van der Waals surface area contributed by atoms with Gasteiger partial charge < -0.3 is 9.47 Å². The highest BCUT2D eigenvalue weighted by molar-refractivity contribution is 9.10. The van der Waals surface area contributed by atoms with Crippen molar-refractivity contribution in [3.8, 4) is 22.9 Å². The lowest BCUT2D eigenvalue weighted by Gasteiger charge is -2.13. The van der Waals surface area contributed by atoms with E-state index in [1.165, 1.54) is 31.3 Å². The summed E-state index contributed by atoms with van der Waals surface area (Å²) in [4.78, 5) is 29.2. The van der Waals surface area contributed by atoms with Crippen LogP contribution in [0.4, 0.5) is 13.2 Å². The van der Waals surface area contributed by atoms with Crippen LogP contribution in [0, 0.1) is 0 Å². The van der Waals surface area contributed by atoms with Gasteiger partial charge in [0.25, 0.3) is 5.56 Å². The molecule has 4 aromatic rings. The fourth-order valence-corrected chi connectivity index (χ4v) is 3.95. The first kappa shape index (κ1) is 26.1. The van der Waals surface area contributed by atoms with Crippen LogP contribution in [0.3, 0.4) is 0 Å². The smallest absolute Gasteiger partial charge is 0.416 e. The van der Waals surface area contributed by atoms with Gasteiger partial charge in [0.15, 0.2) is 17.3 Å². The van der Waals surface area contributed by atoms with Gasteiger partial charge in [0, 0.05) is 22.5 Å². The number of rotatable bonds is 6. The fraction of sp³-hybridized carbons (Fsp3) is 0.154. The number of carbonyl (C=O) groups is 1. The molecule has 0 amide bonds. The number of hydrogen-bond donors (Lipinski definition) is 0. The van der Waals surface area contributed by atoms with Gasteiger partial charge in [0.05, 0.1) is 29.3 Å². The van der Waals surface area contributed by atoms with E-state index in [0.717, 1.165) is 16.8 Å². The van der Waals surface area contributed by atoms with E-state index in [1.54, 1.807) is 37.3 Å². The summed E-state index contributed by atoms with van der Waals surface area (Å²) in [5.41, 5.74) is -0.611. The lowest BCUT2D eigenvalue weighted by Crippen LogP contribution is -2.20.